The highest BCUT2D eigenvalue weighted by molar-refractivity contribution is 5.54. The number of anilines is 1. The molecule has 1 saturated carbocycles. The first-order valence-electron chi connectivity index (χ1n) is 8.75. The van der Waals surface area contributed by atoms with Crippen LogP contribution in [0.3, 0.4) is 0 Å². The predicted octanol–water partition coefficient (Wildman–Crippen LogP) is 3.98. The van der Waals surface area contributed by atoms with Gasteiger partial charge in [0.05, 0.1) is 0 Å². The number of benzene rings is 1. The summed E-state index contributed by atoms with van der Waals surface area (Å²) in [6, 6.07) is 9.00. The largest absolute Gasteiger partial charge is 0.371 e. The molecule has 0 amide bonds. The number of fused-ring (bicyclic) bond motifs is 1. The van der Waals surface area contributed by atoms with Gasteiger partial charge in [-0.3, -0.25) is 0 Å². The second-order valence-electron chi connectivity index (χ2n) is 7.41. The average molecular weight is 286 g/mol. The minimum absolute atomic E-state index is 0.342. The lowest BCUT2D eigenvalue weighted by molar-refractivity contribution is 0.160. The molecule has 1 aromatic carbocycles. The maximum Gasteiger partial charge on any atom is 0.0398 e. The number of para-hydroxylation sites is 1. The van der Waals surface area contributed by atoms with Crippen LogP contribution in [0.4, 0.5) is 5.69 Å². The third kappa shape index (κ3) is 3.26. The third-order valence-corrected chi connectivity index (χ3v) is 5.60. The van der Waals surface area contributed by atoms with E-state index in [0.717, 1.165) is 19.0 Å². The Morgan fingerprint density at radius 3 is 2.90 bits per heavy atom. The van der Waals surface area contributed by atoms with Crippen LogP contribution in [0.1, 0.15) is 51.0 Å². The van der Waals surface area contributed by atoms with Crippen molar-refractivity contribution in [2.45, 2.75) is 51.9 Å². The Morgan fingerprint density at radius 2 is 2.10 bits per heavy atom. The Labute approximate surface area is 129 Å². The van der Waals surface area contributed by atoms with Gasteiger partial charge in [0, 0.05) is 24.2 Å². The fourth-order valence-electron chi connectivity index (χ4n) is 4.50. The standard InChI is InChI=1S/C19H30N2/c1-16-7-6-11-19(13-16,14-20)15-21-12-5-4-9-17-8-2-3-10-18(17)21/h2-3,8,10,16H,4-7,9,11-15,20H2,1H3. The highest BCUT2D eigenvalue weighted by atomic mass is 15.1. The van der Waals surface area contributed by atoms with Crippen molar-refractivity contribution in [1.29, 1.82) is 0 Å². The van der Waals surface area contributed by atoms with E-state index in [4.69, 9.17) is 5.73 Å². The summed E-state index contributed by atoms with van der Waals surface area (Å²) >= 11 is 0. The van der Waals surface area contributed by atoms with Crippen molar-refractivity contribution in [2.75, 3.05) is 24.5 Å². The van der Waals surface area contributed by atoms with Crippen LogP contribution < -0.4 is 10.6 Å². The lowest BCUT2D eigenvalue weighted by Gasteiger charge is -2.43. The summed E-state index contributed by atoms with van der Waals surface area (Å²) in [7, 11) is 0. The summed E-state index contributed by atoms with van der Waals surface area (Å²) in [5, 5.41) is 0. The zero-order valence-corrected chi connectivity index (χ0v) is 13.5. The van der Waals surface area contributed by atoms with Gasteiger partial charge in [-0.15, -0.1) is 0 Å². The molecule has 1 aliphatic carbocycles. The van der Waals surface area contributed by atoms with E-state index in [9.17, 15) is 0 Å². The lowest BCUT2D eigenvalue weighted by atomic mass is 9.69. The van der Waals surface area contributed by atoms with Gasteiger partial charge in [0.1, 0.15) is 0 Å². The van der Waals surface area contributed by atoms with Gasteiger partial charge in [-0.1, -0.05) is 38.0 Å². The average Bonchev–Trinajstić information content (AvgIpc) is 2.70. The molecule has 2 aliphatic rings. The minimum Gasteiger partial charge on any atom is -0.371 e. The molecular weight excluding hydrogens is 256 g/mol. The smallest absolute Gasteiger partial charge is 0.0398 e. The molecule has 2 unspecified atom stereocenters. The Morgan fingerprint density at radius 1 is 1.24 bits per heavy atom. The fourth-order valence-corrected chi connectivity index (χ4v) is 4.50. The van der Waals surface area contributed by atoms with Gasteiger partial charge in [-0.2, -0.15) is 0 Å². The van der Waals surface area contributed by atoms with E-state index in [0.29, 0.717) is 5.41 Å². The Kier molecular flexibility index (Phi) is 4.54. The molecule has 0 spiro atoms. The second-order valence-corrected chi connectivity index (χ2v) is 7.41. The molecule has 0 bridgehead atoms. The van der Waals surface area contributed by atoms with Crippen molar-refractivity contribution in [3.05, 3.63) is 29.8 Å². The van der Waals surface area contributed by atoms with Gasteiger partial charge < -0.3 is 10.6 Å². The lowest BCUT2D eigenvalue weighted by Crippen LogP contribution is -2.45. The highest BCUT2D eigenvalue weighted by Crippen LogP contribution is 2.40. The van der Waals surface area contributed by atoms with E-state index in [2.05, 4.69) is 36.1 Å². The van der Waals surface area contributed by atoms with Crippen molar-refractivity contribution in [2.24, 2.45) is 17.1 Å². The normalized spacial score (nSPS) is 29.8. The van der Waals surface area contributed by atoms with E-state index < -0.39 is 0 Å². The number of hydrogen-bond acceptors (Lipinski definition) is 2. The molecule has 21 heavy (non-hydrogen) atoms. The van der Waals surface area contributed by atoms with Crippen LogP contribution in [-0.2, 0) is 6.42 Å². The third-order valence-electron chi connectivity index (χ3n) is 5.60. The van der Waals surface area contributed by atoms with Crippen LogP contribution >= 0.6 is 0 Å². The maximum atomic E-state index is 6.25. The molecule has 2 N–H and O–H groups in total. The van der Waals surface area contributed by atoms with Gasteiger partial charge in [0.15, 0.2) is 0 Å². The summed E-state index contributed by atoms with van der Waals surface area (Å²) in [5.74, 6) is 0.838. The van der Waals surface area contributed by atoms with Crippen LogP contribution in [0, 0.1) is 11.3 Å². The van der Waals surface area contributed by atoms with E-state index in [1.54, 1.807) is 0 Å². The topological polar surface area (TPSA) is 29.3 Å². The first-order chi connectivity index (χ1) is 10.2. The van der Waals surface area contributed by atoms with E-state index >= 15 is 0 Å². The zero-order valence-electron chi connectivity index (χ0n) is 13.5. The van der Waals surface area contributed by atoms with Crippen molar-refractivity contribution < 1.29 is 0 Å². The van der Waals surface area contributed by atoms with Crippen LogP contribution in [-0.4, -0.2) is 19.6 Å². The van der Waals surface area contributed by atoms with Gasteiger partial charge in [-0.05, 0) is 56.2 Å². The monoisotopic (exact) mass is 286 g/mol. The molecular formula is C19H30N2. The van der Waals surface area contributed by atoms with Crippen molar-refractivity contribution >= 4 is 5.69 Å². The minimum atomic E-state index is 0.342. The van der Waals surface area contributed by atoms with Crippen molar-refractivity contribution in [3.63, 3.8) is 0 Å². The first kappa shape index (κ1) is 14.9. The Balaban J connectivity index is 1.82. The molecule has 2 atom stereocenters. The van der Waals surface area contributed by atoms with Gasteiger partial charge >= 0.3 is 0 Å². The van der Waals surface area contributed by atoms with Crippen LogP contribution in [0.15, 0.2) is 24.3 Å². The Bertz CT molecular complexity index is 470. The number of nitrogens with two attached hydrogens (primary N) is 1. The molecule has 2 heteroatoms. The summed E-state index contributed by atoms with van der Waals surface area (Å²) in [5.41, 5.74) is 9.60. The van der Waals surface area contributed by atoms with Gasteiger partial charge in [0.25, 0.3) is 0 Å². The Hall–Kier alpha value is -1.02. The molecule has 1 fully saturated rings. The SMILES string of the molecule is CC1CCCC(CN)(CN2CCCCc3ccccc32)C1. The molecule has 0 saturated heterocycles. The predicted molar refractivity (Wildman–Crippen MR) is 90.7 cm³/mol. The zero-order chi connectivity index (χ0) is 14.7. The second kappa shape index (κ2) is 6.39. The number of rotatable bonds is 3. The molecule has 1 heterocycles. The number of aryl methyl sites for hydroxylation is 1. The van der Waals surface area contributed by atoms with Crippen LogP contribution in [0.25, 0.3) is 0 Å². The molecule has 1 aromatic rings. The quantitative estimate of drug-likeness (QED) is 0.910. The molecule has 2 nitrogen and oxygen atoms in total. The van der Waals surface area contributed by atoms with E-state index in [1.165, 1.54) is 62.7 Å². The van der Waals surface area contributed by atoms with Gasteiger partial charge in [0.2, 0.25) is 0 Å². The summed E-state index contributed by atoms with van der Waals surface area (Å²) in [6.07, 6.45) is 9.23. The molecule has 116 valence electrons. The summed E-state index contributed by atoms with van der Waals surface area (Å²) in [6.45, 7) is 5.61. The molecule has 0 radical (unpaired) electrons. The number of nitrogens with zero attached hydrogens (tertiary/aromatic N) is 1. The van der Waals surface area contributed by atoms with Crippen molar-refractivity contribution in [1.82, 2.24) is 0 Å². The first-order valence-corrected chi connectivity index (χ1v) is 8.75. The van der Waals surface area contributed by atoms with E-state index in [1.807, 2.05) is 0 Å². The molecule has 1 aliphatic heterocycles. The van der Waals surface area contributed by atoms with Crippen LogP contribution in [0.5, 0.6) is 0 Å². The van der Waals surface area contributed by atoms with Gasteiger partial charge in [-0.25, -0.2) is 0 Å². The molecule has 3 rings (SSSR count). The number of hydrogen-bond donors (Lipinski definition) is 1. The fraction of sp³-hybridized carbons (Fsp3) is 0.684. The maximum absolute atomic E-state index is 6.25. The highest BCUT2D eigenvalue weighted by Gasteiger charge is 2.36. The summed E-state index contributed by atoms with van der Waals surface area (Å²) in [4.78, 5) is 2.65. The molecule has 0 aromatic heterocycles. The van der Waals surface area contributed by atoms with E-state index in [-0.39, 0.29) is 0 Å². The summed E-state index contributed by atoms with van der Waals surface area (Å²) < 4.78 is 0. The van der Waals surface area contributed by atoms with Crippen molar-refractivity contribution in [3.8, 4) is 0 Å². The van der Waals surface area contributed by atoms with Crippen LogP contribution in [0.2, 0.25) is 0 Å².